The summed E-state index contributed by atoms with van der Waals surface area (Å²) in [7, 11) is 2.05. The van der Waals surface area contributed by atoms with Crippen molar-refractivity contribution < 1.29 is 0 Å². The molecule has 0 fully saturated rings. The Morgan fingerprint density at radius 3 is 3.00 bits per heavy atom. The van der Waals surface area contributed by atoms with Crippen LogP contribution in [0.4, 0.5) is 0 Å². The summed E-state index contributed by atoms with van der Waals surface area (Å²) < 4.78 is 2.09. The Balaban J connectivity index is 1.67. The molecule has 100 valence electrons. The van der Waals surface area contributed by atoms with Crippen LogP contribution in [0.1, 0.15) is 32.5 Å². The molecule has 3 heteroatoms. The maximum Gasteiger partial charge on any atom is 0.109 e. The van der Waals surface area contributed by atoms with E-state index in [0.29, 0.717) is 0 Å². The fourth-order valence-electron chi connectivity index (χ4n) is 2.99. The van der Waals surface area contributed by atoms with E-state index in [4.69, 9.17) is 0 Å². The van der Waals surface area contributed by atoms with Crippen molar-refractivity contribution in [1.29, 1.82) is 0 Å². The summed E-state index contributed by atoms with van der Waals surface area (Å²) in [5, 5.41) is 3.58. The van der Waals surface area contributed by atoms with Crippen LogP contribution < -0.4 is 5.32 Å². The molecular weight excluding hydrogens is 222 g/mol. The average Bonchev–Trinajstić information content (AvgIpc) is 2.69. The highest BCUT2D eigenvalue weighted by molar-refractivity contribution is 5.06. The van der Waals surface area contributed by atoms with Gasteiger partial charge in [-0.15, -0.1) is 0 Å². The van der Waals surface area contributed by atoms with E-state index >= 15 is 0 Å². The minimum atomic E-state index is 0.750. The van der Waals surface area contributed by atoms with E-state index in [1.807, 2.05) is 12.4 Å². The summed E-state index contributed by atoms with van der Waals surface area (Å²) in [5.74, 6) is 2.72. The summed E-state index contributed by atoms with van der Waals surface area (Å²) in [6, 6.07) is 0. The van der Waals surface area contributed by atoms with Crippen molar-refractivity contribution in [2.75, 3.05) is 13.1 Å². The van der Waals surface area contributed by atoms with Gasteiger partial charge in [-0.3, -0.25) is 0 Å². The molecule has 2 unspecified atom stereocenters. The minimum absolute atomic E-state index is 0.750. The number of hydrogen-bond acceptors (Lipinski definition) is 2. The van der Waals surface area contributed by atoms with E-state index < -0.39 is 0 Å². The Labute approximate surface area is 110 Å². The number of imidazole rings is 1. The predicted octanol–water partition coefficient (Wildman–Crippen LogP) is 2.54. The van der Waals surface area contributed by atoms with Crippen LogP contribution >= 0.6 is 0 Å². The van der Waals surface area contributed by atoms with Crippen LogP contribution in [0.3, 0.4) is 0 Å². The lowest BCUT2D eigenvalue weighted by atomic mass is 9.84. The normalized spacial score (nSPS) is 24.1. The molecule has 0 saturated carbocycles. The first-order valence-electron chi connectivity index (χ1n) is 6.99. The van der Waals surface area contributed by atoms with E-state index in [2.05, 4.69) is 41.8 Å². The number of hydrogen-bond donors (Lipinski definition) is 1. The highest BCUT2D eigenvalue weighted by Gasteiger charge is 2.17. The molecule has 0 bridgehead atoms. The van der Waals surface area contributed by atoms with Crippen molar-refractivity contribution >= 4 is 0 Å². The van der Waals surface area contributed by atoms with Gasteiger partial charge in [0, 0.05) is 32.4 Å². The van der Waals surface area contributed by atoms with Gasteiger partial charge in [-0.2, -0.15) is 0 Å². The fraction of sp³-hybridized carbons (Fsp3) is 0.667. The lowest BCUT2D eigenvalue weighted by molar-refractivity contribution is 0.382. The van der Waals surface area contributed by atoms with Crippen LogP contribution in [0.25, 0.3) is 0 Å². The minimum Gasteiger partial charge on any atom is -0.338 e. The van der Waals surface area contributed by atoms with Crippen molar-refractivity contribution in [2.24, 2.45) is 18.9 Å². The molecule has 1 heterocycles. The number of allylic oxidation sites excluding steroid dienone is 2. The molecule has 1 aliphatic rings. The van der Waals surface area contributed by atoms with Crippen LogP contribution in [0.2, 0.25) is 0 Å². The highest BCUT2D eigenvalue weighted by atomic mass is 15.0. The Bertz CT molecular complexity index is 406. The molecule has 2 rings (SSSR count). The molecule has 1 aromatic rings. The summed E-state index contributed by atoms with van der Waals surface area (Å²) in [5.41, 5.74) is 1.56. The molecule has 1 N–H and O–H groups in total. The number of nitrogens with zero attached hydrogens (tertiary/aromatic N) is 2. The Hall–Kier alpha value is -1.09. The Morgan fingerprint density at radius 1 is 1.50 bits per heavy atom. The van der Waals surface area contributed by atoms with Crippen LogP contribution in [0.5, 0.6) is 0 Å². The number of aryl methyl sites for hydroxylation is 1. The Morgan fingerprint density at radius 2 is 2.33 bits per heavy atom. The van der Waals surface area contributed by atoms with Gasteiger partial charge >= 0.3 is 0 Å². The molecule has 0 radical (unpaired) electrons. The highest BCUT2D eigenvalue weighted by Crippen LogP contribution is 2.27. The van der Waals surface area contributed by atoms with E-state index in [9.17, 15) is 0 Å². The van der Waals surface area contributed by atoms with Crippen molar-refractivity contribution in [3.63, 3.8) is 0 Å². The molecule has 0 saturated heterocycles. The van der Waals surface area contributed by atoms with Gasteiger partial charge in [0.15, 0.2) is 0 Å². The molecule has 1 aromatic heterocycles. The first-order valence-corrected chi connectivity index (χ1v) is 6.99. The predicted molar refractivity (Wildman–Crippen MR) is 75.4 cm³/mol. The van der Waals surface area contributed by atoms with E-state index in [-0.39, 0.29) is 0 Å². The average molecular weight is 247 g/mol. The van der Waals surface area contributed by atoms with Gasteiger partial charge < -0.3 is 9.88 Å². The van der Waals surface area contributed by atoms with E-state index in [1.165, 1.54) is 12.8 Å². The van der Waals surface area contributed by atoms with Crippen LogP contribution in [0, 0.1) is 11.8 Å². The zero-order chi connectivity index (χ0) is 13.0. The lowest BCUT2D eigenvalue weighted by Gasteiger charge is -2.25. The second-order valence-corrected chi connectivity index (χ2v) is 5.70. The maximum atomic E-state index is 4.34. The zero-order valence-electron chi connectivity index (χ0n) is 11.8. The zero-order valence-corrected chi connectivity index (χ0v) is 11.8. The SMILES string of the molecule is CC1=CC(C)CC(CNCCc2nccn2C)C1. The first-order chi connectivity index (χ1) is 8.65. The largest absolute Gasteiger partial charge is 0.338 e. The van der Waals surface area contributed by atoms with Gasteiger partial charge in [0.2, 0.25) is 0 Å². The molecule has 18 heavy (non-hydrogen) atoms. The van der Waals surface area contributed by atoms with Crippen LogP contribution in [-0.4, -0.2) is 22.6 Å². The molecule has 0 spiro atoms. The van der Waals surface area contributed by atoms with Gasteiger partial charge in [0.05, 0.1) is 0 Å². The summed E-state index contributed by atoms with van der Waals surface area (Å²) in [6.45, 7) is 6.75. The summed E-state index contributed by atoms with van der Waals surface area (Å²) in [4.78, 5) is 4.34. The smallest absolute Gasteiger partial charge is 0.109 e. The molecular formula is C15H25N3. The number of nitrogens with one attached hydrogen (secondary N) is 1. The van der Waals surface area contributed by atoms with Crippen molar-refractivity contribution in [3.05, 3.63) is 29.9 Å². The van der Waals surface area contributed by atoms with Gasteiger partial charge in [0.1, 0.15) is 5.82 Å². The third-order valence-electron chi connectivity index (χ3n) is 3.76. The molecule has 0 amide bonds. The van der Waals surface area contributed by atoms with Crippen molar-refractivity contribution in [1.82, 2.24) is 14.9 Å². The van der Waals surface area contributed by atoms with Crippen LogP contribution in [0.15, 0.2) is 24.0 Å². The van der Waals surface area contributed by atoms with Gasteiger partial charge in [-0.25, -0.2) is 4.98 Å². The quantitative estimate of drug-likeness (QED) is 0.640. The molecule has 1 aliphatic carbocycles. The van der Waals surface area contributed by atoms with Gasteiger partial charge in [0.25, 0.3) is 0 Å². The molecule has 3 nitrogen and oxygen atoms in total. The first kappa shape index (κ1) is 13.3. The second-order valence-electron chi connectivity index (χ2n) is 5.70. The molecule has 0 aromatic carbocycles. The van der Waals surface area contributed by atoms with Crippen LogP contribution in [-0.2, 0) is 13.5 Å². The summed E-state index contributed by atoms with van der Waals surface area (Å²) in [6.07, 6.45) is 9.90. The van der Waals surface area contributed by atoms with Crippen molar-refractivity contribution in [3.8, 4) is 0 Å². The number of aromatic nitrogens is 2. The lowest BCUT2D eigenvalue weighted by Crippen LogP contribution is -2.28. The standard InChI is InChI=1S/C15H25N3/c1-12-8-13(2)10-14(9-12)11-16-5-4-15-17-6-7-18(15)3/h6-8,12,14,16H,4-5,9-11H2,1-3H3. The summed E-state index contributed by atoms with van der Waals surface area (Å²) >= 11 is 0. The topological polar surface area (TPSA) is 29.9 Å². The third kappa shape index (κ3) is 3.70. The maximum absolute atomic E-state index is 4.34. The van der Waals surface area contributed by atoms with E-state index in [0.717, 1.165) is 37.2 Å². The Kier molecular flexibility index (Phi) is 4.59. The number of rotatable bonds is 5. The van der Waals surface area contributed by atoms with E-state index in [1.54, 1.807) is 5.57 Å². The van der Waals surface area contributed by atoms with Gasteiger partial charge in [-0.05, 0) is 38.1 Å². The third-order valence-corrected chi connectivity index (χ3v) is 3.76. The second kappa shape index (κ2) is 6.19. The monoisotopic (exact) mass is 247 g/mol. The fourth-order valence-corrected chi connectivity index (χ4v) is 2.99. The van der Waals surface area contributed by atoms with Crippen molar-refractivity contribution in [2.45, 2.75) is 33.1 Å². The molecule has 0 aliphatic heterocycles. The molecule has 2 atom stereocenters. The van der Waals surface area contributed by atoms with Gasteiger partial charge in [-0.1, -0.05) is 18.6 Å².